The van der Waals surface area contributed by atoms with Crippen molar-refractivity contribution in [3.63, 3.8) is 0 Å². The minimum atomic E-state index is -0.408. The molecule has 0 aliphatic carbocycles. The van der Waals surface area contributed by atoms with Gasteiger partial charge in [-0.1, -0.05) is 23.2 Å². The second kappa shape index (κ2) is 8.91. The second-order valence-electron chi connectivity index (χ2n) is 5.89. The average molecular weight is 417 g/mol. The maximum Gasteiger partial charge on any atom is 0.289 e. The molecule has 2 N–H and O–H groups in total. The highest BCUT2D eigenvalue weighted by molar-refractivity contribution is 6.36. The summed E-state index contributed by atoms with van der Waals surface area (Å²) in [7, 11) is 0. The van der Waals surface area contributed by atoms with Gasteiger partial charge in [-0.25, -0.2) is 5.43 Å². The van der Waals surface area contributed by atoms with Crippen molar-refractivity contribution in [1.29, 1.82) is 0 Å². The number of amides is 1. The lowest BCUT2D eigenvalue weighted by molar-refractivity contribution is 0.0950. The topological polar surface area (TPSA) is 79.4 Å². The Morgan fingerprint density at radius 3 is 2.61 bits per heavy atom. The number of halogens is 2. The molecule has 0 saturated carbocycles. The smallest absolute Gasteiger partial charge is 0.289 e. The van der Waals surface area contributed by atoms with Gasteiger partial charge in [-0.2, -0.15) is 10.2 Å². The van der Waals surface area contributed by atoms with Crippen molar-refractivity contribution < 1.29 is 9.53 Å². The van der Waals surface area contributed by atoms with E-state index in [2.05, 4.69) is 20.7 Å². The summed E-state index contributed by atoms with van der Waals surface area (Å²) < 4.78 is 5.41. The van der Waals surface area contributed by atoms with Crippen molar-refractivity contribution in [1.82, 2.24) is 15.6 Å². The molecule has 3 rings (SSSR count). The zero-order chi connectivity index (χ0) is 20.1. The fraction of sp³-hybridized carbons (Fsp3) is 0.150. The minimum absolute atomic E-state index is 0.268. The first-order valence-electron chi connectivity index (χ1n) is 8.56. The summed E-state index contributed by atoms with van der Waals surface area (Å²) in [6.45, 7) is 4.34. The number of carbonyl (C=O) groups is 1. The molecule has 144 valence electrons. The summed E-state index contributed by atoms with van der Waals surface area (Å²) in [5, 5.41) is 12.0. The van der Waals surface area contributed by atoms with E-state index in [1.54, 1.807) is 24.3 Å². The number of H-pyrrole nitrogens is 1. The molecule has 28 heavy (non-hydrogen) atoms. The monoisotopic (exact) mass is 416 g/mol. The molecule has 0 atom stereocenters. The van der Waals surface area contributed by atoms with E-state index in [-0.39, 0.29) is 5.69 Å². The van der Waals surface area contributed by atoms with Crippen LogP contribution in [0.1, 0.15) is 29.9 Å². The Morgan fingerprint density at radius 1 is 1.18 bits per heavy atom. The Kier molecular flexibility index (Phi) is 6.34. The van der Waals surface area contributed by atoms with E-state index in [9.17, 15) is 4.79 Å². The molecule has 0 radical (unpaired) electrons. The molecule has 0 fully saturated rings. The Balaban J connectivity index is 1.69. The van der Waals surface area contributed by atoms with Crippen LogP contribution in [0.5, 0.6) is 5.75 Å². The van der Waals surface area contributed by atoms with Gasteiger partial charge in [0.1, 0.15) is 11.4 Å². The van der Waals surface area contributed by atoms with E-state index in [1.807, 2.05) is 38.1 Å². The van der Waals surface area contributed by atoms with Gasteiger partial charge < -0.3 is 4.74 Å². The van der Waals surface area contributed by atoms with Crippen LogP contribution < -0.4 is 10.2 Å². The Morgan fingerprint density at radius 2 is 1.93 bits per heavy atom. The summed E-state index contributed by atoms with van der Waals surface area (Å²) in [4.78, 5) is 12.3. The van der Waals surface area contributed by atoms with E-state index < -0.39 is 5.91 Å². The van der Waals surface area contributed by atoms with Crippen LogP contribution in [-0.4, -0.2) is 28.4 Å². The highest BCUT2D eigenvalue weighted by Gasteiger charge is 2.13. The molecule has 0 bridgehead atoms. The van der Waals surface area contributed by atoms with Gasteiger partial charge in [0.15, 0.2) is 0 Å². The molecule has 0 unspecified atom stereocenters. The van der Waals surface area contributed by atoms with Crippen LogP contribution in [0.15, 0.2) is 53.6 Å². The summed E-state index contributed by atoms with van der Waals surface area (Å²) in [6, 6.07) is 14.2. The number of benzene rings is 2. The van der Waals surface area contributed by atoms with Crippen molar-refractivity contribution in [2.24, 2.45) is 5.10 Å². The quantitative estimate of drug-likeness (QED) is 0.441. The average Bonchev–Trinajstić information content (AvgIpc) is 3.16. The maximum absolute atomic E-state index is 12.3. The number of aromatic amines is 1. The van der Waals surface area contributed by atoms with E-state index in [4.69, 9.17) is 27.9 Å². The van der Waals surface area contributed by atoms with E-state index >= 15 is 0 Å². The van der Waals surface area contributed by atoms with Crippen LogP contribution in [0.3, 0.4) is 0 Å². The largest absolute Gasteiger partial charge is 0.494 e. The van der Waals surface area contributed by atoms with Gasteiger partial charge in [0.25, 0.3) is 5.91 Å². The van der Waals surface area contributed by atoms with Crippen molar-refractivity contribution in [3.8, 4) is 17.0 Å². The van der Waals surface area contributed by atoms with Gasteiger partial charge in [0.2, 0.25) is 0 Å². The van der Waals surface area contributed by atoms with Crippen LogP contribution in [-0.2, 0) is 0 Å². The summed E-state index contributed by atoms with van der Waals surface area (Å²) in [5.41, 5.74) is 5.54. The number of hydrogen-bond acceptors (Lipinski definition) is 4. The van der Waals surface area contributed by atoms with Crippen molar-refractivity contribution in [2.75, 3.05) is 6.61 Å². The second-order valence-corrected chi connectivity index (χ2v) is 6.73. The molecule has 1 heterocycles. The first kappa shape index (κ1) is 19.9. The molecule has 1 aromatic heterocycles. The number of rotatable bonds is 6. The number of hydrogen-bond donors (Lipinski definition) is 2. The first-order chi connectivity index (χ1) is 13.5. The Hall–Kier alpha value is -2.83. The lowest BCUT2D eigenvalue weighted by Gasteiger charge is -2.05. The fourth-order valence-corrected chi connectivity index (χ4v) is 3.00. The number of ether oxygens (including phenoxy) is 1. The molecule has 3 aromatic rings. The van der Waals surface area contributed by atoms with Crippen molar-refractivity contribution >= 4 is 34.8 Å². The van der Waals surface area contributed by atoms with Crippen molar-refractivity contribution in [3.05, 3.63) is 69.8 Å². The van der Waals surface area contributed by atoms with Gasteiger partial charge in [-0.05, 0) is 67.9 Å². The molecule has 1 amide bonds. The van der Waals surface area contributed by atoms with Crippen LogP contribution in [0.25, 0.3) is 11.3 Å². The van der Waals surface area contributed by atoms with Crippen LogP contribution >= 0.6 is 23.2 Å². The number of aromatic nitrogens is 2. The van der Waals surface area contributed by atoms with E-state index in [0.29, 0.717) is 33.6 Å². The predicted octanol–water partition coefficient (Wildman–Crippen LogP) is 4.94. The summed E-state index contributed by atoms with van der Waals surface area (Å²) in [5.74, 6) is 0.378. The highest BCUT2D eigenvalue weighted by Crippen LogP contribution is 2.29. The molecule has 2 aromatic carbocycles. The number of carbonyl (C=O) groups excluding carboxylic acids is 1. The lowest BCUT2D eigenvalue weighted by atomic mass is 10.1. The first-order valence-corrected chi connectivity index (χ1v) is 9.32. The number of hydrazone groups is 1. The molecule has 0 saturated heterocycles. The molecule has 0 aliphatic rings. The third kappa shape index (κ3) is 4.71. The van der Waals surface area contributed by atoms with Gasteiger partial charge in [0, 0.05) is 10.6 Å². The Labute approximate surface area is 172 Å². The van der Waals surface area contributed by atoms with Crippen LogP contribution in [0.2, 0.25) is 10.0 Å². The zero-order valence-corrected chi connectivity index (χ0v) is 16.8. The van der Waals surface area contributed by atoms with Crippen molar-refractivity contribution in [2.45, 2.75) is 13.8 Å². The van der Waals surface area contributed by atoms with Crippen LogP contribution in [0, 0.1) is 0 Å². The number of nitrogens with one attached hydrogen (secondary N) is 2. The third-order valence-electron chi connectivity index (χ3n) is 3.94. The predicted molar refractivity (Wildman–Crippen MR) is 111 cm³/mol. The zero-order valence-electron chi connectivity index (χ0n) is 15.3. The molecule has 0 aliphatic heterocycles. The van der Waals surface area contributed by atoms with E-state index in [1.165, 1.54) is 0 Å². The van der Waals surface area contributed by atoms with Gasteiger partial charge in [0.05, 0.1) is 23.0 Å². The maximum atomic E-state index is 12.3. The lowest BCUT2D eigenvalue weighted by Crippen LogP contribution is -2.19. The molecule has 8 heteroatoms. The summed E-state index contributed by atoms with van der Waals surface area (Å²) in [6.07, 6.45) is 0. The van der Waals surface area contributed by atoms with Crippen LogP contribution in [0.4, 0.5) is 0 Å². The molecule has 0 spiro atoms. The van der Waals surface area contributed by atoms with E-state index in [0.717, 1.165) is 11.3 Å². The van der Waals surface area contributed by atoms with Gasteiger partial charge in [-0.15, -0.1) is 0 Å². The fourth-order valence-electron chi connectivity index (χ4n) is 2.49. The minimum Gasteiger partial charge on any atom is -0.494 e. The highest BCUT2D eigenvalue weighted by atomic mass is 35.5. The normalized spacial score (nSPS) is 11.4. The molecule has 6 nitrogen and oxygen atoms in total. The van der Waals surface area contributed by atoms with Gasteiger partial charge in [-0.3, -0.25) is 9.89 Å². The standard InChI is InChI=1S/C20H18Cl2N4O2/c1-3-28-15-7-4-13(5-8-15)12(2)23-26-20(27)19-11-18(24-25-19)16-9-6-14(21)10-17(16)22/h4-11H,3H2,1-2H3,(H,24,25)(H,26,27)/b23-12+. The molecular formula is C20H18Cl2N4O2. The van der Waals surface area contributed by atoms with Gasteiger partial charge >= 0.3 is 0 Å². The molecular weight excluding hydrogens is 399 g/mol. The third-order valence-corrected chi connectivity index (χ3v) is 4.49. The SMILES string of the molecule is CCOc1ccc(/C(C)=N/NC(=O)c2cc(-c3ccc(Cl)cc3Cl)n[nH]2)cc1. The number of nitrogens with zero attached hydrogens (tertiary/aromatic N) is 2. The Bertz CT molecular complexity index is 1010. The summed E-state index contributed by atoms with van der Waals surface area (Å²) >= 11 is 12.1.